The van der Waals surface area contributed by atoms with Crippen molar-refractivity contribution in [3.8, 4) is 0 Å². The molecule has 0 saturated heterocycles. The van der Waals surface area contributed by atoms with Gasteiger partial charge < -0.3 is 42.0 Å². The van der Waals surface area contributed by atoms with Crippen LogP contribution in [0.1, 0.15) is 45.6 Å². The lowest BCUT2D eigenvalue weighted by Gasteiger charge is -2.26. The molecule has 3 amide bonds. The van der Waals surface area contributed by atoms with Crippen molar-refractivity contribution >= 4 is 40.6 Å². The number of aliphatic hydroxyl groups excluding tert-OH is 1. The van der Waals surface area contributed by atoms with Gasteiger partial charge in [-0.25, -0.2) is 4.79 Å². The SMILES string of the molecule is CC(C)CC(NC(=O)C(Cc1c[nH]c2ccccc12)NC(=O)C(CCC(=O)O)NC(=O)C(N)C(C)O)C(=O)O. The van der Waals surface area contributed by atoms with Crippen molar-refractivity contribution in [1.82, 2.24) is 20.9 Å². The minimum atomic E-state index is -1.39. The summed E-state index contributed by atoms with van der Waals surface area (Å²) in [5.74, 6) is -4.98. The molecule has 0 saturated carbocycles. The predicted molar refractivity (Wildman–Crippen MR) is 141 cm³/mol. The lowest BCUT2D eigenvalue weighted by atomic mass is 10.0. The molecule has 214 valence electrons. The molecule has 0 aliphatic rings. The van der Waals surface area contributed by atoms with E-state index in [1.807, 2.05) is 18.2 Å². The van der Waals surface area contributed by atoms with Gasteiger partial charge in [-0.1, -0.05) is 32.0 Å². The average Bonchev–Trinajstić information content (AvgIpc) is 3.27. The number of nitrogens with one attached hydrogen (secondary N) is 4. The van der Waals surface area contributed by atoms with E-state index in [1.54, 1.807) is 26.1 Å². The Morgan fingerprint density at radius 3 is 2.08 bits per heavy atom. The van der Waals surface area contributed by atoms with Crippen LogP contribution in [0.2, 0.25) is 0 Å². The van der Waals surface area contributed by atoms with Crippen molar-refractivity contribution in [2.24, 2.45) is 11.7 Å². The van der Waals surface area contributed by atoms with Crippen molar-refractivity contribution in [2.75, 3.05) is 0 Å². The average molecular weight is 548 g/mol. The molecule has 0 aliphatic carbocycles. The zero-order chi connectivity index (χ0) is 29.3. The van der Waals surface area contributed by atoms with Crippen molar-refractivity contribution < 1.29 is 39.3 Å². The maximum atomic E-state index is 13.3. The molecular weight excluding hydrogens is 510 g/mol. The highest BCUT2D eigenvalue weighted by atomic mass is 16.4. The van der Waals surface area contributed by atoms with Gasteiger partial charge in [0.25, 0.3) is 0 Å². The molecule has 0 aliphatic heterocycles. The van der Waals surface area contributed by atoms with Gasteiger partial charge >= 0.3 is 11.9 Å². The summed E-state index contributed by atoms with van der Waals surface area (Å²) < 4.78 is 0. The number of aliphatic carboxylic acids is 2. The molecule has 1 aromatic heterocycles. The Morgan fingerprint density at radius 2 is 1.49 bits per heavy atom. The van der Waals surface area contributed by atoms with E-state index < -0.39 is 66.4 Å². The number of benzene rings is 1. The summed E-state index contributed by atoms with van der Waals surface area (Å²) in [4.78, 5) is 65.0. The number of carbonyl (C=O) groups excluding carboxylic acids is 3. The Kier molecular flexibility index (Phi) is 11.4. The maximum Gasteiger partial charge on any atom is 0.326 e. The fourth-order valence-electron chi connectivity index (χ4n) is 3.99. The third kappa shape index (κ3) is 9.37. The number of nitrogens with two attached hydrogens (primary N) is 1. The second kappa shape index (κ2) is 14.3. The number of aliphatic hydroxyl groups is 1. The quantitative estimate of drug-likeness (QED) is 0.148. The molecule has 5 atom stereocenters. The molecule has 2 rings (SSSR count). The Hall–Kier alpha value is -3.97. The number of hydrogen-bond acceptors (Lipinski definition) is 7. The number of amides is 3. The first-order valence-electron chi connectivity index (χ1n) is 12.6. The van der Waals surface area contributed by atoms with E-state index in [-0.39, 0.29) is 25.2 Å². The van der Waals surface area contributed by atoms with Crippen molar-refractivity contribution in [1.29, 1.82) is 0 Å². The van der Waals surface area contributed by atoms with Crippen LogP contribution in [0.3, 0.4) is 0 Å². The van der Waals surface area contributed by atoms with Gasteiger partial charge in [-0.3, -0.25) is 19.2 Å². The number of carbonyl (C=O) groups is 5. The minimum absolute atomic E-state index is 0.0254. The van der Waals surface area contributed by atoms with Gasteiger partial charge in [-0.05, 0) is 37.3 Å². The zero-order valence-corrected chi connectivity index (χ0v) is 22.1. The first-order valence-corrected chi connectivity index (χ1v) is 12.6. The van der Waals surface area contributed by atoms with Gasteiger partial charge in [-0.15, -0.1) is 0 Å². The first-order chi connectivity index (χ1) is 18.3. The summed E-state index contributed by atoms with van der Waals surface area (Å²) >= 11 is 0. The van der Waals surface area contributed by atoms with E-state index >= 15 is 0 Å². The smallest absolute Gasteiger partial charge is 0.326 e. The van der Waals surface area contributed by atoms with Crippen LogP contribution >= 0.6 is 0 Å². The summed E-state index contributed by atoms with van der Waals surface area (Å²) in [7, 11) is 0. The first kappa shape index (κ1) is 31.2. The zero-order valence-electron chi connectivity index (χ0n) is 22.1. The van der Waals surface area contributed by atoms with Crippen molar-refractivity contribution in [2.45, 2.75) is 76.7 Å². The molecule has 1 heterocycles. The number of aromatic nitrogens is 1. The lowest BCUT2D eigenvalue weighted by molar-refractivity contribution is -0.142. The summed E-state index contributed by atoms with van der Waals surface area (Å²) in [6.07, 6.45) is -0.220. The van der Waals surface area contributed by atoms with E-state index in [9.17, 15) is 34.2 Å². The number of rotatable bonds is 15. The molecule has 0 fully saturated rings. The Labute approximate surface area is 225 Å². The van der Waals surface area contributed by atoms with Gasteiger partial charge in [0.15, 0.2) is 0 Å². The summed E-state index contributed by atoms with van der Waals surface area (Å²) in [5.41, 5.74) is 7.11. The highest BCUT2D eigenvalue weighted by Gasteiger charge is 2.32. The van der Waals surface area contributed by atoms with Crippen LogP contribution in [0, 0.1) is 5.92 Å². The van der Waals surface area contributed by atoms with Crippen LogP contribution in [-0.4, -0.2) is 80.2 Å². The molecule has 39 heavy (non-hydrogen) atoms. The van der Waals surface area contributed by atoms with Crippen LogP contribution in [0.15, 0.2) is 30.5 Å². The summed E-state index contributed by atoms with van der Waals surface area (Å²) in [6.45, 7) is 4.90. The van der Waals surface area contributed by atoms with Crippen LogP contribution in [-0.2, 0) is 30.4 Å². The third-order valence-electron chi connectivity index (χ3n) is 6.16. The summed E-state index contributed by atoms with van der Waals surface area (Å²) in [5, 5.41) is 36.5. The topological polar surface area (TPSA) is 224 Å². The number of aromatic amines is 1. The van der Waals surface area contributed by atoms with E-state index in [1.165, 1.54) is 6.92 Å². The molecule has 5 unspecified atom stereocenters. The van der Waals surface area contributed by atoms with Crippen LogP contribution in [0.4, 0.5) is 0 Å². The second-order valence-corrected chi connectivity index (χ2v) is 9.91. The van der Waals surface area contributed by atoms with Gasteiger partial charge in [0.2, 0.25) is 17.7 Å². The fourth-order valence-corrected chi connectivity index (χ4v) is 3.99. The third-order valence-corrected chi connectivity index (χ3v) is 6.16. The van der Waals surface area contributed by atoms with Gasteiger partial charge in [0.05, 0.1) is 6.10 Å². The number of hydrogen-bond donors (Lipinski definition) is 8. The van der Waals surface area contributed by atoms with Crippen LogP contribution in [0.25, 0.3) is 10.9 Å². The largest absolute Gasteiger partial charge is 0.481 e. The van der Waals surface area contributed by atoms with E-state index in [0.29, 0.717) is 5.56 Å². The molecular formula is C26H37N5O8. The summed E-state index contributed by atoms with van der Waals surface area (Å²) in [6, 6.07) is 2.06. The number of carboxylic acids is 2. The minimum Gasteiger partial charge on any atom is -0.481 e. The van der Waals surface area contributed by atoms with Crippen LogP contribution in [0.5, 0.6) is 0 Å². The molecule has 9 N–H and O–H groups in total. The Morgan fingerprint density at radius 1 is 0.897 bits per heavy atom. The molecule has 1 aromatic carbocycles. The second-order valence-electron chi connectivity index (χ2n) is 9.91. The maximum absolute atomic E-state index is 13.3. The number of fused-ring (bicyclic) bond motifs is 1. The normalized spacial score (nSPS) is 15.1. The number of para-hydroxylation sites is 1. The monoisotopic (exact) mass is 547 g/mol. The Bertz CT molecular complexity index is 1180. The molecule has 13 nitrogen and oxygen atoms in total. The van der Waals surface area contributed by atoms with E-state index in [0.717, 1.165) is 10.9 Å². The highest BCUT2D eigenvalue weighted by Crippen LogP contribution is 2.19. The van der Waals surface area contributed by atoms with Crippen molar-refractivity contribution in [3.05, 3.63) is 36.0 Å². The lowest BCUT2D eigenvalue weighted by Crippen LogP contribution is -2.58. The number of H-pyrrole nitrogens is 1. The van der Waals surface area contributed by atoms with E-state index in [4.69, 9.17) is 10.8 Å². The number of carboxylic acid groups (broad SMARTS) is 2. The molecule has 0 radical (unpaired) electrons. The van der Waals surface area contributed by atoms with Gasteiger partial charge in [-0.2, -0.15) is 0 Å². The van der Waals surface area contributed by atoms with Crippen LogP contribution < -0.4 is 21.7 Å². The van der Waals surface area contributed by atoms with Crippen molar-refractivity contribution in [3.63, 3.8) is 0 Å². The van der Waals surface area contributed by atoms with E-state index in [2.05, 4.69) is 20.9 Å². The Balaban J connectivity index is 2.35. The van der Waals surface area contributed by atoms with Gasteiger partial charge in [0, 0.05) is 29.9 Å². The molecule has 0 spiro atoms. The predicted octanol–water partition coefficient (Wildman–Crippen LogP) is -0.132. The van der Waals surface area contributed by atoms with Gasteiger partial charge in [0.1, 0.15) is 24.2 Å². The molecule has 2 aromatic rings. The molecule has 13 heteroatoms. The molecule has 0 bridgehead atoms. The highest BCUT2D eigenvalue weighted by molar-refractivity contribution is 5.95. The fraction of sp³-hybridized carbons (Fsp3) is 0.500. The standard InChI is InChI=1S/C26H37N5O8/c1-13(2)10-20(26(38)39)31-24(36)19(11-15-12-28-17-7-5-4-6-16(15)17)30-23(35)18(8-9-21(33)34)29-25(37)22(27)14(3)32/h4-7,12-14,18-20,22,28,32H,8-11,27H2,1-3H3,(H,29,37)(H,30,35)(H,31,36)(H,33,34)(H,38,39).